The van der Waals surface area contributed by atoms with Crippen LogP contribution in [-0.2, 0) is 14.3 Å². The van der Waals surface area contributed by atoms with Gasteiger partial charge in [0.2, 0.25) is 11.8 Å². The summed E-state index contributed by atoms with van der Waals surface area (Å²) in [4.78, 5) is 25.7. The molecular weight excluding hydrogens is 206 g/mol. The first-order valence-corrected chi connectivity index (χ1v) is 5.82. The average Bonchev–Trinajstić information content (AvgIpc) is 2.89. The summed E-state index contributed by atoms with van der Waals surface area (Å²) in [5, 5.41) is 0. The highest BCUT2D eigenvalue weighted by molar-refractivity contribution is 6.07. The summed E-state index contributed by atoms with van der Waals surface area (Å²) in [5.74, 6) is 0.0106. The molecular formula is C12H13NO3. The molecule has 16 heavy (non-hydrogen) atoms. The first-order chi connectivity index (χ1) is 7.68. The maximum atomic E-state index is 12.2. The van der Waals surface area contributed by atoms with E-state index in [1.54, 1.807) is 6.08 Å². The lowest BCUT2D eigenvalue weighted by Crippen LogP contribution is -2.56. The molecule has 0 radical (unpaired) electrons. The van der Waals surface area contributed by atoms with Gasteiger partial charge in [0.15, 0.2) is 0 Å². The normalized spacial score (nSPS) is 51.9. The maximum Gasteiger partial charge on any atom is 0.236 e. The predicted octanol–water partition coefficient (Wildman–Crippen LogP) is 0.335. The van der Waals surface area contributed by atoms with Gasteiger partial charge in [-0.05, 0) is 6.42 Å². The molecule has 3 bridgehead atoms. The van der Waals surface area contributed by atoms with Crippen molar-refractivity contribution < 1.29 is 14.3 Å². The third-order valence-electron chi connectivity index (χ3n) is 4.77. The summed E-state index contributed by atoms with van der Waals surface area (Å²) >= 11 is 0. The molecule has 0 aromatic rings. The monoisotopic (exact) mass is 219 g/mol. The lowest BCUT2D eigenvalue weighted by molar-refractivity contribution is -0.217. The van der Waals surface area contributed by atoms with E-state index >= 15 is 0 Å². The van der Waals surface area contributed by atoms with Crippen LogP contribution >= 0.6 is 0 Å². The fraction of sp³-hybridized carbons (Fsp3) is 0.667. The number of carbonyl (C=O) groups is 2. The number of imide groups is 1. The number of hydrogen-bond donors (Lipinski definition) is 0. The molecule has 2 aliphatic carbocycles. The Hall–Kier alpha value is -1.16. The topological polar surface area (TPSA) is 46.6 Å². The molecule has 3 aliphatic heterocycles. The molecule has 0 aromatic heterocycles. The van der Waals surface area contributed by atoms with Crippen LogP contribution in [0.4, 0.5) is 0 Å². The minimum absolute atomic E-state index is 0.00905. The van der Waals surface area contributed by atoms with Crippen LogP contribution in [0.1, 0.15) is 12.8 Å². The average molecular weight is 219 g/mol. The van der Waals surface area contributed by atoms with Gasteiger partial charge in [-0.1, -0.05) is 6.08 Å². The number of nitrogens with zero attached hydrogens (tertiary/aromatic N) is 1. The van der Waals surface area contributed by atoms with Crippen LogP contribution in [0.3, 0.4) is 0 Å². The number of rotatable bonds is 2. The second kappa shape index (κ2) is 2.40. The van der Waals surface area contributed by atoms with Crippen molar-refractivity contribution in [2.75, 3.05) is 6.54 Å². The van der Waals surface area contributed by atoms with Crippen molar-refractivity contribution in [3.05, 3.63) is 12.7 Å². The first-order valence-electron chi connectivity index (χ1n) is 5.82. The van der Waals surface area contributed by atoms with Crippen molar-refractivity contribution in [1.29, 1.82) is 0 Å². The van der Waals surface area contributed by atoms with Crippen molar-refractivity contribution in [3.63, 3.8) is 0 Å². The molecule has 5 fully saturated rings. The van der Waals surface area contributed by atoms with E-state index < -0.39 is 0 Å². The molecule has 1 spiro atoms. The Morgan fingerprint density at radius 3 is 2.81 bits per heavy atom. The van der Waals surface area contributed by atoms with Crippen LogP contribution in [0.15, 0.2) is 12.7 Å². The van der Waals surface area contributed by atoms with E-state index in [4.69, 9.17) is 4.74 Å². The molecule has 2 amide bonds. The summed E-state index contributed by atoms with van der Waals surface area (Å²) in [5.41, 5.74) is -0.261. The number of fused-ring (bicyclic) bond motifs is 1. The van der Waals surface area contributed by atoms with Crippen molar-refractivity contribution in [1.82, 2.24) is 4.90 Å². The highest BCUT2D eigenvalue weighted by Gasteiger charge is 2.77. The number of hydrogen-bond acceptors (Lipinski definition) is 3. The molecule has 4 nitrogen and oxygen atoms in total. The predicted molar refractivity (Wildman–Crippen MR) is 54.2 cm³/mol. The van der Waals surface area contributed by atoms with Gasteiger partial charge < -0.3 is 4.74 Å². The number of likely N-dealkylation sites (tertiary alicyclic amines) is 1. The van der Waals surface area contributed by atoms with Crippen LogP contribution in [0, 0.1) is 17.8 Å². The molecule has 3 saturated heterocycles. The molecule has 5 atom stereocenters. The van der Waals surface area contributed by atoms with E-state index in [-0.39, 0.29) is 35.4 Å². The summed E-state index contributed by atoms with van der Waals surface area (Å²) in [6, 6.07) is 0. The fourth-order valence-electron chi connectivity index (χ4n) is 4.26. The second-order valence-corrected chi connectivity index (χ2v) is 5.37. The van der Waals surface area contributed by atoms with Crippen molar-refractivity contribution >= 4 is 11.8 Å². The third kappa shape index (κ3) is 0.696. The van der Waals surface area contributed by atoms with Gasteiger partial charge in [0.05, 0.1) is 23.5 Å². The van der Waals surface area contributed by atoms with Gasteiger partial charge in [-0.3, -0.25) is 14.5 Å². The molecule has 5 unspecified atom stereocenters. The van der Waals surface area contributed by atoms with Gasteiger partial charge in [-0.2, -0.15) is 0 Å². The van der Waals surface area contributed by atoms with Crippen molar-refractivity contribution in [2.45, 2.75) is 24.5 Å². The largest absolute Gasteiger partial charge is 0.370 e. The van der Waals surface area contributed by atoms with E-state index in [0.29, 0.717) is 12.5 Å². The third-order valence-corrected chi connectivity index (χ3v) is 4.77. The zero-order valence-electron chi connectivity index (χ0n) is 8.89. The van der Waals surface area contributed by atoms with Crippen LogP contribution in [0.25, 0.3) is 0 Å². The van der Waals surface area contributed by atoms with Gasteiger partial charge in [0.1, 0.15) is 0 Å². The van der Waals surface area contributed by atoms with E-state index in [1.165, 1.54) is 4.90 Å². The first kappa shape index (κ1) is 8.93. The SMILES string of the molecule is C=CCN1C(=O)C2C3CC4(CC3O4)C2C1=O. The number of amides is 2. The van der Waals surface area contributed by atoms with Crippen LogP contribution in [0.5, 0.6) is 0 Å². The molecule has 5 rings (SSSR count). The summed E-state index contributed by atoms with van der Waals surface area (Å²) in [6.07, 6.45) is 3.77. The highest BCUT2D eigenvalue weighted by atomic mass is 16.5. The van der Waals surface area contributed by atoms with Crippen LogP contribution < -0.4 is 0 Å². The number of ether oxygens (including phenoxy) is 1. The smallest absolute Gasteiger partial charge is 0.236 e. The Kier molecular flexibility index (Phi) is 1.34. The van der Waals surface area contributed by atoms with Crippen molar-refractivity contribution in [3.8, 4) is 0 Å². The summed E-state index contributed by atoms with van der Waals surface area (Å²) in [6.45, 7) is 3.94. The zero-order valence-corrected chi connectivity index (χ0v) is 8.89. The van der Waals surface area contributed by atoms with Gasteiger partial charge >= 0.3 is 0 Å². The highest BCUT2D eigenvalue weighted by Crippen LogP contribution is 2.68. The Balaban J connectivity index is 1.76. The summed E-state index contributed by atoms with van der Waals surface area (Å²) in [7, 11) is 0. The molecule has 3 heterocycles. The maximum absolute atomic E-state index is 12.2. The van der Waals surface area contributed by atoms with E-state index in [9.17, 15) is 9.59 Å². The van der Waals surface area contributed by atoms with Gasteiger partial charge in [-0.25, -0.2) is 0 Å². The molecule has 0 N–H and O–H groups in total. The quantitative estimate of drug-likeness (QED) is 0.497. The molecule has 0 aromatic carbocycles. The minimum atomic E-state index is -0.261. The van der Waals surface area contributed by atoms with Gasteiger partial charge in [-0.15, -0.1) is 6.58 Å². The minimum Gasteiger partial charge on any atom is -0.370 e. The Bertz CT molecular complexity index is 424. The zero-order chi connectivity index (χ0) is 11.1. The fourth-order valence-corrected chi connectivity index (χ4v) is 4.26. The molecule has 4 heteroatoms. The molecule has 84 valence electrons. The van der Waals surface area contributed by atoms with E-state index in [1.807, 2.05) is 0 Å². The van der Waals surface area contributed by atoms with E-state index in [2.05, 4.69) is 6.58 Å². The van der Waals surface area contributed by atoms with Crippen molar-refractivity contribution in [2.24, 2.45) is 17.8 Å². The van der Waals surface area contributed by atoms with Gasteiger partial charge in [0, 0.05) is 18.9 Å². The second-order valence-electron chi connectivity index (χ2n) is 5.37. The molecule has 2 saturated carbocycles. The van der Waals surface area contributed by atoms with Crippen LogP contribution in [0.2, 0.25) is 0 Å². The van der Waals surface area contributed by atoms with E-state index in [0.717, 1.165) is 12.8 Å². The lowest BCUT2D eigenvalue weighted by atomic mass is 9.73. The number of carbonyl (C=O) groups excluding carboxylic acids is 2. The Morgan fingerprint density at radius 2 is 2.19 bits per heavy atom. The van der Waals surface area contributed by atoms with Crippen LogP contribution in [-0.4, -0.2) is 35.0 Å². The molecule has 5 aliphatic rings. The Labute approximate surface area is 93.2 Å². The summed E-state index contributed by atoms with van der Waals surface area (Å²) < 4.78 is 5.77. The standard InChI is InChI=1S/C12H13NO3/c1-2-3-13-10(14)8-6-4-12(5-7(6)16-12)9(8)11(13)15/h2,6-9H,1,3-5H2. The van der Waals surface area contributed by atoms with Gasteiger partial charge in [0.25, 0.3) is 0 Å². The Morgan fingerprint density at radius 1 is 1.44 bits per heavy atom. The lowest BCUT2D eigenvalue weighted by Gasteiger charge is -2.47.